The highest BCUT2D eigenvalue weighted by Crippen LogP contribution is 1.82. The highest BCUT2D eigenvalue weighted by molar-refractivity contribution is 6.18. The third-order valence-corrected chi connectivity index (χ3v) is 4.74. The van der Waals surface area contributed by atoms with E-state index in [4.69, 9.17) is 23.2 Å². The van der Waals surface area contributed by atoms with Crippen LogP contribution in [0, 0.1) is 0 Å². The molecular weight excluding hydrogens is 398 g/mol. The minimum Gasteiger partial charge on any atom is -1.00 e. The number of hydrogen-bond donors (Lipinski definition) is 6. The third-order valence-electron chi connectivity index (χ3n) is 4.03. The number of piperazine rings is 2. The summed E-state index contributed by atoms with van der Waals surface area (Å²) in [6, 6.07) is 0. The Morgan fingerprint density at radius 2 is 1.00 bits per heavy atom. The molecule has 2 unspecified atom stereocenters. The SMILES string of the molecule is OC(CCl)C[NH+]1CCNCC1.OC(CCl)C[NH+]1CCNCC1.[Cl-].[Cl-]. The molecule has 0 spiro atoms. The van der Waals surface area contributed by atoms with E-state index in [0.29, 0.717) is 11.8 Å². The maximum absolute atomic E-state index is 9.24. The summed E-state index contributed by atoms with van der Waals surface area (Å²) < 4.78 is 0. The second kappa shape index (κ2) is 17.3. The Hall–Kier alpha value is 0.920. The molecule has 0 aliphatic carbocycles. The molecule has 6 nitrogen and oxygen atoms in total. The normalized spacial score (nSPS) is 21.5. The zero-order valence-corrected chi connectivity index (χ0v) is 17.1. The lowest BCUT2D eigenvalue weighted by Gasteiger charge is -2.25. The summed E-state index contributed by atoms with van der Waals surface area (Å²) in [5.74, 6) is 0.716. The molecule has 0 aromatic heterocycles. The molecule has 2 heterocycles. The Bertz CT molecular complexity index is 245. The summed E-state index contributed by atoms with van der Waals surface area (Å²) in [5.41, 5.74) is 0. The number of aliphatic hydroxyl groups excluding tert-OH is 2. The molecule has 0 amide bonds. The van der Waals surface area contributed by atoms with Crippen molar-refractivity contribution >= 4 is 23.2 Å². The molecule has 10 heteroatoms. The zero-order chi connectivity index (χ0) is 16.2. The van der Waals surface area contributed by atoms with E-state index < -0.39 is 0 Å². The first-order valence-corrected chi connectivity index (χ1v) is 9.29. The molecule has 2 aliphatic heterocycles. The van der Waals surface area contributed by atoms with Gasteiger partial charge in [0.15, 0.2) is 0 Å². The van der Waals surface area contributed by atoms with Gasteiger partial charge in [0, 0.05) is 26.2 Å². The van der Waals surface area contributed by atoms with Gasteiger partial charge < -0.3 is 55.5 Å². The minimum absolute atomic E-state index is 0. The van der Waals surface area contributed by atoms with Gasteiger partial charge in [-0.25, -0.2) is 0 Å². The molecule has 24 heavy (non-hydrogen) atoms. The van der Waals surface area contributed by atoms with Gasteiger partial charge in [0.1, 0.15) is 25.3 Å². The standard InChI is InChI=1S/2C7H15ClN2O.2ClH/c2*8-5-7(11)6-10-3-1-9-2-4-10;;/h2*7,9,11H,1-6H2;2*1H. The number of quaternary nitrogens is 2. The first kappa shape index (κ1) is 27.1. The number of nitrogens with one attached hydrogen (secondary N) is 4. The van der Waals surface area contributed by atoms with Gasteiger partial charge in [-0.2, -0.15) is 0 Å². The van der Waals surface area contributed by atoms with E-state index in [0.717, 1.165) is 65.4 Å². The second-order valence-electron chi connectivity index (χ2n) is 6.02. The van der Waals surface area contributed by atoms with E-state index >= 15 is 0 Å². The van der Waals surface area contributed by atoms with Crippen LogP contribution in [0.5, 0.6) is 0 Å². The molecule has 2 fully saturated rings. The average molecular weight is 430 g/mol. The van der Waals surface area contributed by atoms with Crippen LogP contribution in [0.4, 0.5) is 0 Å². The molecule has 2 aliphatic rings. The first-order chi connectivity index (χ1) is 10.7. The lowest BCUT2D eigenvalue weighted by molar-refractivity contribution is -0.904. The highest BCUT2D eigenvalue weighted by atomic mass is 35.5. The van der Waals surface area contributed by atoms with Gasteiger partial charge in [0.25, 0.3) is 0 Å². The Labute approximate surface area is 168 Å². The molecule has 2 saturated heterocycles. The summed E-state index contributed by atoms with van der Waals surface area (Å²) in [4.78, 5) is 2.91. The maximum Gasteiger partial charge on any atom is 0.116 e. The Morgan fingerprint density at radius 3 is 1.25 bits per heavy atom. The predicted octanol–water partition coefficient (Wildman–Crippen LogP) is -9.84. The number of hydrogen-bond acceptors (Lipinski definition) is 4. The van der Waals surface area contributed by atoms with Gasteiger partial charge in [-0.15, -0.1) is 23.2 Å². The molecule has 148 valence electrons. The minimum atomic E-state index is -0.329. The fraction of sp³-hybridized carbons (Fsp3) is 1.00. The molecular formula is C14H32Cl4N4O2. The topological polar surface area (TPSA) is 73.4 Å². The number of aliphatic hydroxyl groups is 2. The molecule has 0 saturated carbocycles. The van der Waals surface area contributed by atoms with Gasteiger partial charge in [-0.3, -0.25) is 0 Å². The van der Waals surface area contributed by atoms with Crippen molar-refractivity contribution in [3.63, 3.8) is 0 Å². The predicted molar refractivity (Wildman–Crippen MR) is 90.3 cm³/mol. The Morgan fingerprint density at radius 1 is 0.708 bits per heavy atom. The highest BCUT2D eigenvalue weighted by Gasteiger charge is 2.17. The van der Waals surface area contributed by atoms with E-state index in [-0.39, 0.29) is 37.0 Å². The van der Waals surface area contributed by atoms with E-state index in [9.17, 15) is 10.2 Å². The van der Waals surface area contributed by atoms with Crippen molar-refractivity contribution in [2.45, 2.75) is 12.2 Å². The smallest absolute Gasteiger partial charge is 0.116 e. The van der Waals surface area contributed by atoms with Crippen LogP contribution in [0.25, 0.3) is 0 Å². The fourth-order valence-electron chi connectivity index (χ4n) is 2.74. The van der Waals surface area contributed by atoms with Gasteiger partial charge in [0.05, 0.1) is 37.9 Å². The van der Waals surface area contributed by atoms with Gasteiger partial charge in [-0.1, -0.05) is 0 Å². The number of alkyl halides is 2. The van der Waals surface area contributed by atoms with Crippen molar-refractivity contribution in [3.05, 3.63) is 0 Å². The second-order valence-corrected chi connectivity index (χ2v) is 6.64. The van der Waals surface area contributed by atoms with Crippen LogP contribution in [0.1, 0.15) is 0 Å². The Balaban J connectivity index is 0. The van der Waals surface area contributed by atoms with Crippen molar-refractivity contribution in [2.75, 3.05) is 77.2 Å². The molecule has 0 aromatic carbocycles. The lowest BCUT2D eigenvalue weighted by atomic mass is 10.3. The van der Waals surface area contributed by atoms with Crippen LogP contribution in [0.15, 0.2) is 0 Å². The molecule has 2 atom stereocenters. The van der Waals surface area contributed by atoms with Crippen molar-refractivity contribution in [2.24, 2.45) is 0 Å². The lowest BCUT2D eigenvalue weighted by Crippen LogP contribution is -3.15. The largest absolute Gasteiger partial charge is 1.00 e. The summed E-state index contributed by atoms with van der Waals surface area (Å²) in [7, 11) is 0. The van der Waals surface area contributed by atoms with Gasteiger partial charge in [-0.05, 0) is 0 Å². The summed E-state index contributed by atoms with van der Waals surface area (Å²) in [6.07, 6.45) is -0.658. The summed E-state index contributed by atoms with van der Waals surface area (Å²) in [5, 5.41) is 25.0. The maximum atomic E-state index is 9.24. The van der Waals surface area contributed by atoms with E-state index in [1.807, 2.05) is 0 Å². The molecule has 2 rings (SSSR count). The molecule has 0 radical (unpaired) electrons. The van der Waals surface area contributed by atoms with Crippen molar-refractivity contribution in [1.29, 1.82) is 0 Å². The van der Waals surface area contributed by atoms with E-state index in [1.54, 1.807) is 0 Å². The van der Waals surface area contributed by atoms with E-state index in [2.05, 4.69) is 10.6 Å². The van der Waals surface area contributed by atoms with Gasteiger partial charge in [0.2, 0.25) is 0 Å². The van der Waals surface area contributed by atoms with Crippen LogP contribution in [0.3, 0.4) is 0 Å². The fourth-order valence-corrected chi connectivity index (χ4v) is 2.96. The third kappa shape index (κ3) is 13.2. The van der Waals surface area contributed by atoms with Gasteiger partial charge >= 0.3 is 0 Å². The quantitative estimate of drug-likeness (QED) is 0.237. The van der Waals surface area contributed by atoms with Crippen LogP contribution < -0.4 is 45.2 Å². The monoisotopic (exact) mass is 428 g/mol. The van der Waals surface area contributed by atoms with Crippen molar-refractivity contribution in [3.8, 4) is 0 Å². The van der Waals surface area contributed by atoms with Crippen molar-refractivity contribution < 1.29 is 44.8 Å². The first-order valence-electron chi connectivity index (χ1n) is 8.22. The average Bonchev–Trinajstić information content (AvgIpc) is 2.57. The van der Waals surface area contributed by atoms with Crippen LogP contribution in [0.2, 0.25) is 0 Å². The Kier molecular flexibility index (Phi) is 19.6. The van der Waals surface area contributed by atoms with Crippen molar-refractivity contribution in [1.82, 2.24) is 10.6 Å². The zero-order valence-electron chi connectivity index (χ0n) is 14.0. The number of halogens is 4. The van der Waals surface area contributed by atoms with Crippen LogP contribution in [-0.2, 0) is 0 Å². The summed E-state index contributed by atoms with van der Waals surface area (Å²) in [6.45, 7) is 10.3. The van der Waals surface area contributed by atoms with Crippen LogP contribution in [-0.4, -0.2) is 99.6 Å². The molecule has 6 N–H and O–H groups in total. The number of rotatable bonds is 6. The molecule has 0 aromatic rings. The molecule has 0 bridgehead atoms. The summed E-state index contributed by atoms with van der Waals surface area (Å²) >= 11 is 11.0. The van der Waals surface area contributed by atoms with Crippen LogP contribution >= 0.6 is 23.2 Å². The van der Waals surface area contributed by atoms with E-state index in [1.165, 1.54) is 9.80 Å².